The SMILES string of the molecule is C=CC(=O)N1CCN(c2c(C#N)c(OC[C@H]3CN(C)CCO3)nc3c2CCN(c2cccc4cccc(C)c24)C3)C[C@@H]1CC#N. The average Bonchev–Trinajstić information content (AvgIpc) is 3.06. The van der Waals surface area contributed by atoms with Crippen LogP contribution in [0.1, 0.15) is 28.8 Å². The summed E-state index contributed by atoms with van der Waals surface area (Å²) in [5.74, 6) is 0.120. The maximum atomic E-state index is 12.6. The van der Waals surface area contributed by atoms with Crippen LogP contribution in [0, 0.1) is 29.6 Å². The number of anilines is 2. The summed E-state index contributed by atoms with van der Waals surface area (Å²) in [5, 5.41) is 22.6. The van der Waals surface area contributed by atoms with Gasteiger partial charge in [0.2, 0.25) is 11.8 Å². The summed E-state index contributed by atoms with van der Waals surface area (Å²) < 4.78 is 12.3. The van der Waals surface area contributed by atoms with E-state index in [1.54, 1.807) is 4.90 Å². The Morgan fingerprint density at radius 3 is 2.71 bits per heavy atom. The molecule has 0 spiro atoms. The number of nitriles is 2. The van der Waals surface area contributed by atoms with Crippen molar-refractivity contribution >= 4 is 28.1 Å². The Morgan fingerprint density at radius 2 is 1.96 bits per heavy atom. The van der Waals surface area contributed by atoms with E-state index in [0.29, 0.717) is 50.7 Å². The lowest BCUT2D eigenvalue weighted by atomic mass is 9.95. The van der Waals surface area contributed by atoms with Crippen LogP contribution in [0.4, 0.5) is 11.4 Å². The predicted molar refractivity (Wildman–Crippen MR) is 173 cm³/mol. The lowest BCUT2D eigenvalue weighted by Crippen LogP contribution is -2.55. The van der Waals surface area contributed by atoms with Crippen LogP contribution < -0.4 is 14.5 Å². The lowest BCUT2D eigenvalue weighted by molar-refractivity contribution is -0.128. The number of hydrogen-bond acceptors (Lipinski definition) is 9. The van der Waals surface area contributed by atoms with E-state index in [4.69, 9.17) is 14.5 Å². The molecule has 3 aliphatic rings. The number of rotatable bonds is 7. The van der Waals surface area contributed by atoms with Crippen molar-refractivity contribution in [3.8, 4) is 18.0 Å². The number of aryl methyl sites for hydroxylation is 1. The van der Waals surface area contributed by atoms with Gasteiger partial charge < -0.3 is 29.1 Å². The number of pyridine rings is 1. The predicted octanol–water partition coefficient (Wildman–Crippen LogP) is 3.80. The van der Waals surface area contributed by atoms with Gasteiger partial charge >= 0.3 is 0 Å². The number of piperazine rings is 1. The normalized spacial score (nSPS) is 20.3. The molecule has 0 bridgehead atoms. The first-order chi connectivity index (χ1) is 21.9. The molecule has 0 radical (unpaired) electrons. The van der Waals surface area contributed by atoms with E-state index >= 15 is 0 Å². The molecule has 3 aliphatic heterocycles. The maximum Gasteiger partial charge on any atom is 0.246 e. The molecule has 0 unspecified atom stereocenters. The van der Waals surface area contributed by atoms with E-state index in [1.807, 2.05) is 0 Å². The molecule has 2 saturated heterocycles. The van der Waals surface area contributed by atoms with Crippen LogP contribution in [0.25, 0.3) is 10.8 Å². The first-order valence-corrected chi connectivity index (χ1v) is 15.6. The van der Waals surface area contributed by atoms with Crippen molar-refractivity contribution in [1.82, 2.24) is 14.8 Å². The molecule has 10 heteroatoms. The van der Waals surface area contributed by atoms with Crippen LogP contribution in [0.3, 0.4) is 0 Å². The number of morpholine rings is 1. The van der Waals surface area contributed by atoms with Crippen molar-refractivity contribution in [1.29, 1.82) is 10.5 Å². The molecule has 2 fully saturated rings. The van der Waals surface area contributed by atoms with Gasteiger partial charge in [-0.05, 0) is 43.5 Å². The fourth-order valence-corrected chi connectivity index (χ4v) is 6.95. The van der Waals surface area contributed by atoms with E-state index < -0.39 is 0 Å². The van der Waals surface area contributed by atoms with Gasteiger partial charge in [-0.1, -0.05) is 36.9 Å². The number of carbonyl (C=O) groups excluding carboxylic acids is 1. The van der Waals surface area contributed by atoms with Gasteiger partial charge in [0.15, 0.2) is 0 Å². The summed E-state index contributed by atoms with van der Waals surface area (Å²) in [7, 11) is 2.06. The number of benzene rings is 2. The van der Waals surface area contributed by atoms with E-state index in [2.05, 4.69) is 83.8 Å². The van der Waals surface area contributed by atoms with E-state index in [-0.39, 0.29) is 31.1 Å². The maximum absolute atomic E-state index is 12.6. The third-order valence-corrected chi connectivity index (χ3v) is 9.17. The van der Waals surface area contributed by atoms with Gasteiger partial charge in [0.1, 0.15) is 24.3 Å². The smallest absolute Gasteiger partial charge is 0.246 e. The Hall–Kier alpha value is -4.64. The molecular formula is C35H39N7O3. The van der Waals surface area contributed by atoms with E-state index in [0.717, 1.165) is 42.3 Å². The number of hydrogen-bond donors (Lipinski definition) is 0. The number of aromatic nitrogens is 1. The monoisotopic (exact) mass is 605 g/mol. The number of likely N-dealkylation sites (N-methyl/N-ethyl adjacent to an activating group) is 1. The highest BCUT2D eigenvalue weighted by molar-refractivity contribution is 5.97. The van der Waals surface area contributed by atoms with Crippen LogP contribution in [0.2, 0.25) is 0 Å². The van der Waals surface area contributed by atoms with Crippen LogP contribution in [-0.4, -0.2) is 92.4 Å². The van der Waals surface area contributed by atoms with E-state index in [1.165, 1.54) is 22.4 Å². The molecule has 0 saturated carbocycles. The highest BCUT2D eigenvalue weighted by Gasteiger charge is 2.35. The second kappa shape index (κ2) is 13.2. The fraction of sp³-hybridized carbons (Fsp3) is 0.429. The van der Waals surface area contributed by atoms with E-state index in [9.17, 15) is 15.3 Å². The average molecular weight is 606 g/mol. The van der Waals surface area contributed by atoms with Crippen LogP contribution in [0.15, 0.2) is 49.1 Å². The highest BCUT2D eigenvalue weighted by Crippen LogP contribution is 2.40. The summed E-state index contributed by atoms with van der Waals surface area (Å²) in [6, 6.07) is 17.1. The minimum atomic E-state index is -0.320. The highest BCUT2D eigenvalue weighted by atomic mass is 16.5. The van der Waals surface area contributed by atoms with Crippen molar-refractivity contribution in [2.45, 2.75) is 38.5 Å². The van der Waals surface area contributed by atoms with Crippen molar-refractivity contribution in [2.75, 3.05) is 69.3 Å². The molecule has 10 nitrogen and oxygen atoms in total. The van der Waals surface area contributed by atoms with Crippen molar-refractivity contribution < 1.29 is 14.3 Å². The van der Waals surface area contributed by atoms with Gasteiger partial charge in [-0.3, -0.25) is 4.79 Å². The zero-order valence-electron chi connectivity index (χ0n) is 26.0. The lowest BCUT2D eigenvalue weighted by Gasteiger charge is -2.43. The summed E-state index contributed by atoms with van der Waals surface area (Å²) in [4.78, 5) is 26.1. The zero-order valence-corrected chi connectivity index (χ0v) is 26.0. The van der Waals surface area contributed by atoms with Crippen LogP contribution in [0.5, 0.6) is 5.88 Å². The summed E-state index contributed by atoms with van der Waals surface area (Å²) in [6.45, 7) is 11.0. The van der Waals surface area contributed by atoms with Crippen LogP contribution in [-0.2, 0) is 22.5 Å². The molecule has 0 aliphatic carbocycles. The molecule has 2 atom stereocenters. The molecule has 45 heavy (non-hydrogen) atoms. The quantitative estimate of drug-likeness (QED) is 0.372. The summed E-state index contributed by atoms with van der Waals surface area (Å²) in [6.07, 6.45) is 2.06. The summed E-state index contributed by atoms with van der Waals surface area (Å²) in [5.41, 5.74) is 5.49. The number of amides is 1. The fourth-order valence-electron chi connectivity index (χ4n) is 6.95. The second-order valence-corrected chi connectivity index (χ2v) is 12.1. The van der Waals surface area contributed by atoms with Gasteiger partial charge in [0.25, 0.3) is 0 Å². The summed E-state index contributed by atoms with van der Waals surface area (Å²) >= 11 is 0. The Bertz CT molecular complexity index is 1690. The molecule has 6 rings (SSSR count). The third kappa shape index (κ3) is 6.04. The Morgan fingerprint density at radius 1 is 1.13 bits per heavy atom. The third-order valence-electron chi connectivity index (χ3n) is 9.17. The van der Waals surface area contributed by atoms with Gasteiger partial charge in [-0.25, -0.2) is 4.98 Å². The Labute approximate surface area is 264 Å². The minimum Gasteiger partial charge on any atom is -0.474 e. The number of carbonyl (C=O) groups is 1. The molecular weight excluding hydrogens is 566 g/mol. The minimum absolute atomic E-state index is 0.125. The Kier molecular flexibility index (Phi) is 8.88. The first-order valence-electron chi connectivity index (χ1n) is 15.6. The van der Waals surface area contributed by atoms with Gasteiger partial charge in [0.05, 0.1) is 43.1 Å². The molecule has 1 aromatic heterocycles. The number of nitrogens with zero attached hydrogens (tertiary/aromatic N) is 7. The molecule has 2 aromatic carbocycles. The molecule has 1 amide bonds. The molecule has 0 N–H and O–H groups in total. The molecule has 3 aromatic rings. The number of ether oxygens (including phenoxy) is 2. The van der Waals surface area contributed by atoms with Crippen molar-refractivity contribution in [2.24, 2.45) is 0 Å². The van der Waals surface area contributed by atoms with Crippen molar-refractivity contribution in [3.63, 3.8) is 0 Å². The second-order valence-electron chi connectivity index (χ2n) is 12.1. The molecule has 4 heterocycles. The first kappa shape index (κ1) is 30.4. The largest absolute Gasteiger partial charge is 0.474 e. The van der Waals surface area contributed by atoms with Crippen molar-refractivity contribution in [3.05, 3.63) is 71.4 Å². The van der Waals surface area contributed by atoms with Crippen LogP contribution >= 0.6 is 0 Å². The standard InChI is InChI=1S/C35H39N7O3/c1-4-32(43)42-16-15-41(20-26(42)11-13-36)34-28-12-14-40(31-10-6-9-25-8-5-7-24(2)33(25)31)22-30(28)38-35(29(34)19-37)45-23-27-21-39(3)17-18-44-27/h4-10,26-27H,1,11-12,14-18,20-23H2,2-3H3/t26-,27+/m0/s1. The number of fused-ring (bicyclic) bond motifs is 2. The topological polar surface area (TPSA) is 109 Å². The molecule has 232 valence electrons. The van der Waals surface area contributed by atoms with Gasteiger partial charge in [-0.2, -0.15) is 10.5 Å². The zero-order chi connectivity index (χ0) is 31.5. The van der Waals surface area contributed by atoms with Gasteiger partial charge in [0, 0.05) is 55.9 Å². The van der Waals surface area contributed by atoms with Gasteiger partial charge in [-0.15, -0.1) is 0 Å². The Balaban J connectivity index is 1.39.